The number of nitrogens with one attached hydrogen (secondary N) is 1. The molecule has 0 saturated heterocycles. The predicted octanol–water partition coefficient (Wildman–Crippen LogP) is 4.61. The third-order valence-corrected chi connectivity index (χ3v) is 6.69. The minimum Gasteiger partial charge on any atom is -0.497 e. The van der Waals surface area contributed by atoms with Gasteiger partial charge in [0, 0.05) is 45.8 Å². The quantitative estimate of drug-likeness (QED) is 0.510. The van der Waals surface area contributed by atoms with Crippen molar-refractivity contribution in [3.05, 3.63) is 95.1 Å². The van der Waals surface area contributed by atoms with Crippen molar-refractivity contribution in [2.24, 2.45) is 0 Å². The fourth-order valence-electron chi connectivity index (χ4n) is 4.58. The van der Waals surface area contributed by atoms with Gasteiger partial charge in [0.1, 0.15) is 5.75 Å². The van der Waals surface area contributed by atoms with Gasteiger partial charge in [0.05, 0.1) is 13.2 Å². The van der Waals surface area contributed by atoms with Crippen molar-refractivity contribution < 1.29 is 9.53 Å². The van der Waals surface area contributed by atoms with E-state index < -0.39 is 0 Å². The van der Waals surface area contributed by atoms with E-state index in [9.17, 15) is 4.79 Å². The van der Waals surface area contributed by atoms with Crippen molar-refractivity contribution in [1.29, 1.82) is 0 Å². The largest absolute Gasteiger partial charge is 0.497 e. The Balaban J connectivity index is 1.43. The number of carbonyl (C=O) groups excluding carboxylic acids is 1. The van der Waals surface area contributed by atoms with E-state index >= 15 is 0 Å². The molecule has 0 aliphatic carbocycles. The Hall–Kier alpha value is -3.31. The first-order valence-corrected chi connectivity index (χ1v) is 12.0. The van der Waals surface area contributed by atoms with Crippen molar-refractivity contribution in [2.75, 3.05) is 39.2 Å². The zero-order valence-corrected chi connectivity index (χ0v) is 20.5. The molecule has 178 valence electrons. The highest BCUT2D eigenvalue weighted by atomic mass is 16.5. The van der Waals surface area contributed by atoms with Crippen LogP contribution in [0, 0.1) is 0 Å². The normalized spacial score (nSPS) is 14.2. The molecular weight excluding hydrogens is 422 g/mol. The molecule has 5 heteroatoms. The molecule has 1 unspecified atom stereocenters. The topological polar surface area (TPSA) is 44.8 Å². The third kappa shape index (κ3) is 5.97. The van der Waals surface area contributed by atoms with Crippen LogP contribution in [0.5, 0.6) is 5.75 Å². The van der Waals surface area contributed by atoms with Crippen LogP contribution in [-0.2, 0) is 24.2 Å². The van der Waals surface area contributed by atoms with Gasteiger partial charge in [-0.15, -0.1) is 0 Å². The molecule has 0 bridgehead atoms. The molecular formula is C29H35N3O2. The lowest BCUT2D eigenvalue weighted by Gasteiger charge is -2.36. The Kier molecular flexibility index (Phi) is 7.86. The molecule has 1 amide bonds. The minimum atomic E-state index is 0.0862. The summed E-state index contributed by atoms with van der Waals surface area (Å²) in [7, 11) is 5.77. The highest BCUT2D eigenvalue weighted by Gasteiger charge is 2.25. The van der Waals surface area contributed by atoms with E-state index in [2.05, 4.69) is 77.7 Å². The van der Waals surface area contributed by atoms with Gasteiger partial charge in [0.25, 0.3) is 0 Å². The highest BCUT2D eigenvalue weighted by molar-refractivity contribution is 5.76. The van der Waals surface area contributed by atoms with Crippen LogP contribution in [0.1, 0.15) is 34.7 Å². The van der Waals surface area contributed by atoms with Crippen LogP contribution in [0.15, 0.2) is 72.8 Å². The standard InChI is InChI=1S/C29H35N3O2/c1-31(2)26-13-11-24(12-14-26)28(32-19-18-23-6-4-5-7-25(23)21-32)20-30-29(33)17-10-22-8-15-27(34-3)16-9-22/h4-9,11-16,28H,10,17-21H2,1-3H3,(H,30,33). The summed E-state index contributed by atoms with van der Waals surface area (Å²) < 4.78 is 5.22. The van der Waals surface area contributed by atoms with Gasteiger partial charge in [0.15, 0.2) is 0 Å². The van der Waals surface area contributed by atoms with Gasteiger partial charge in [-0.2, -0.15) is 0 Å². The number of hydrogen-bond donors (Lipinski definition) is 1. The third-order valence-electron chi connectivity index (χ3n) is 6.69. The number of carbonyl (C=O) groups is 1. The summed E-state index contributed by atoms with van der Waals surface area (Å²) in [6, 6.07) is 25.5. The number of anilines is 1. The lowest BCUT2D eigenvalue weighted by atomic mass is 9.96. The molecule has 0 spiro atoms. The van der Waals surface area contributed by atoms with Gasteiger partial charge < -0.3 is 15.0 Å². The summed E-state index contributed by atoms with van der Waals surface area (Å²) in [6.45, 7) is 2.49. The molecule has 34 heavy (non-hydrogen) atoms. The summed E-state index contributed by atoms with van der Waals surface area (Å²) >= 11 is 0. The van der Waals surface area contributed by atoms with Gasteiger partial charge in [0.2, 0.25) is 5.91 Å². The van der Waals surface area contributed by atoms with E-state index in [4.69, 9.17) is 4.74 Å². The molecule has 1 heterocycles. The smallest absolute Gasteiger partial charge is 0.220 e. The highest BCUT2D eigenvalue weighted by Crippen LogP contribution is 2.29. The lowest BCUT2D eigenvalue weighted by Crippen LogP contribution is -2.40. The van der Waals surface area contributed by atoms with Crippen molar-refractivity contribution in [3.63, 3.8) is 0 Å². The monoisotopic (exact) mass is 457 g/mol. The Morgan fingerprint density at radius 1 is 1.00 bits per heavy atom. The second-order valence-electron chi connectivity index (χ2n) is 9.14. The fourth-order valence-corrected chi connectivity index (χ4v) is 4.58. The zero-order valence-electron chi connectivity index (χ0n) is 20.5. The van der Waals surface area contributed by atoms with Crippen molar-refractivity contribution >= 4 is 11.6 Å². The van der Waals surface area contributed by atoms with Gasteiger partial charge >= 0.3 is 0 Å². The number of nitrogens with zero attached hydrogens (tertiary/aromatic N) is 2. The van der Waals surface area contributed by atoms with E-state index in [1.807, 2.05) is 24.3 Å². The van der Waals surface area contributed by atoms with Crippen LogP contribution in [0.3, 0.4) is 0 Å². The molecule has 1 aliphatic heterocycles. The molecule has 5 nitrogen and oxygen atoms in total. The number of fused-ring (bicyclic) bond motifs is 1. The SMILES string of the molecule is COc1ccc(CCC(=O)NCC(c2ccc(N(C)C)cc2)N2CCc3ccccc3C2)cc1. The molecule has 1 atom stereocenters. The van der Waals surface area contributed by atoms with Crippen molar-refractivity contribution in [2.45, 2.75) is 31.8 Å². The first kappa shape index (κ1) is 23.8. The Labute approximate surface area is 203 Å². The van der Waals surface area contributed by atoms with Gasteiger partial charge in [-0.25, -0.2) is 0 Å². The van der Waals surface area contributed by atoms with Gasteiger partial charge in [-0.3, -0.25) is 9.69 Å². The number of methoxy groups -OCH3 is 1. The molecule has 0 fully saturated rings. The number of aryl methyl sites for hydroxylation is 1. The number of benzene rings is 3. The fraction of sp³-hybridized carbons (Fsp3) is 0.345. The van der Waals surface area contributed by atoms with Gasteiger partial charge in [-0.1, -0.05) is 48.5 Å². The first-order chi connectivity index (χ1) is 16.5. The minimum absolute atomic E-state index is 0.0862. The number of hydrogen-bond acceptors (Lipinski definition) is 4. The van der Waals surface area contributed by atoms with E-state index in [0.717, 1.165) is 37.2 Å². The summed E-state index contributed by atoms with van der Waals surface area (Å²) in [5.41, 5.74) is 6.37. The van der Waals surface area contributed by atoms with Crippen molar-refractivity contribution in [1.82, 2.24) is 10.2 Å². The van der Waals surface area contributed by atoms with Crippen LogP contribution in [0.2, 0.25) is 0 Å². The molecule has 1 aliphatic rings. The van der Waals surface area contributed by atoms with Crippen LogP contribution in [-0.4, -0.2) is 45.1 Å². The predicted molar refractivity (Wildman–Crippen MR) is 138 cm³/mol. The second-order valence-corrected chi connectivity index (χ2v) is 9.14. The van der Waals surface area contributed by atoms with E-state index in [1.165, 1.54) is 22.4 Å². The second kappa shape index (κ2) is 11.2. The molecule has 3 aromatic carbocycles. The molecule has 3 aromatic rings. The molecule has 0 radical (unpaired) electrons. The van der Waals surface area contributed by atoms with E-state index in [0.29, 0.717) is 13.0 Å². The van der Waals surface area contributed by atoms with Crippen LogP contribution in [0.25, 0.3) is 0 Å². The number of ether oxygens (including phenoxy) is 1. The van der Waals surface area contributed by atoms with Crippen LogP contribution < -0.4 is 15.0 Å². The maximum absolute atomic E-state index is 12.7. The molecule has 0 aromatic heterocycles. The maximum atomic E-state index is 12.7. The summed E-state index contributed by atoms with van der Waals surface area (Å²) in [5, 5.41) is 3.22. The molecule has 0 saturated carbocycles. The van der Waals surface area contributed by atoms with E-state index in [1.54, 1.807) is 7.11 Å². The number of amides is 1. The Morgan fingerprint density at radius 2 is 1.71 bits per heavy atom. The summed E-state index contributed by atoms with van der Waals surface area (Å²) in [6.07, 6.45) is 2.23. The first-order valence-electron chi connectivity index (χ1n) is 12.0. The average Bonchev–Trinajstić information content (AvgIpc) is 2.88. The number of rotatable bonds is 9. The summed E-state index contributed by atoms with van der Waals surface area (Å²) in [4.78, 5) is 17.3. The molecule has 4 rings (SSSR count). The van der Waals surface area contributed by atoms with Crippen LogP contribution >= 0.6 is 0 Å². The summed E-state index contributed by atoms with van der Waals surface area (Å²) in [5.74, 6) is 0.919. The molecule has 1 N–H and O–H groups in total. The Bertz CT molecular complexity index is 1080. The van der Waals surface area contributed by atoms with Crippen LogP contribution in [0.4, 0.5) is 5.69 Å². The maximum Gasteiger partial charge on any atom is 0.220 e. The Morgan fingerprint density at radius 3 is 2.38 bits per heavy atom. The zero-order chi connectivity index (χ0) is 23.9. The average molecular weight is 458 g/mol. The lowest BCUT2D eigenvalue weighted by molar-refractivity contribution is -0.121. The van der Waals surface area contributed by atoms with E-state index in [-0.39, 0.29) is 11.9 Å². The van der Waals surface area contributed by atoms with Gasteiger partial charge in [-0.05, 0) is 59.4 Å². The van der Waals surface area contributed by atoms with Crippen molar-refractivity contribution in [3.8, 4) is 5.75 Å².